The smallest absolute Gasteiger partial charge is 0.338 e. The Morgan fingerprint density at radius 2 is 1.53 bits per heavy atom. The molecular formula is C23H29N3O4. The highest BCUT2D eigenvalue weighted by Crippen LogP contribution is 2.20. The van der Waals surface area contributed by atoms with Crippen LogP contribution in [0.25, 0.3) is 0 Å². The normalized spacial score (nSPS) is 11.5. The highest BCUT2D eigenvalue weighted by molar-refractivity contribution is 5.98. The standard InChI is InChI=1S/C23H29N3O4/c1-14(2)25-23(29)24-13-18-9-11-19(12-10-18)22(28)30-17(5)21(27)26-20-15(3)7-6-8-16(20)4/h6-12,14,17H,13H2,1-5H3,(H,26,27)(H2,24,25,29)/t17-/m0/s1. The molecule has 2 aromatic rings. The third-order valence-electron chi connectivity index (χ3n) is 4.44. The quantitative estimate of drug-likeness (QED) is 0.605. The van der Waals surface area contributed by atoms with Crippen LogP contribution in [0.1, 0.15) is 47.8 Å². The summed E-state index contributed by atoms with van der Waals surface area (Å²) in [4.78, 5) is 36.4. The predicted octanol–water partition coefficient (Wildman–Crippen LogP) is 3.70. The van der Waals surface area contributed by atoms with E-state index in [1.807, 2.05) is 45.9 Å². The number of ether oxygens (including phenoxy) is 1. The number of esters is 1. The maximum Gasteiger partial charge on any atom is 0.338 e. The minimum absolute atomic E-state index is 0.0519. The van der Waals surface area contributed by atoms with E-state index in [-0.39, 0.29) is 12.1 Å². The van der Waals surface area contributed by atoms with E-state index in [0.29, 0.717) is 12.1 Å². The van der Waals surface area contributed by atoms with Gasteiger partial charge in [-0.3, -0.25) is 4.79 Å². The number of anilines is 1. The van der Waals surface area contributed by atoms with Gasteiger partial charge in [-0.05, 0) is 63.4 Å². The number of aryl methyl sites for hydroxylation is 2. The number of amides is 3. The average Bonchev–Trinajstić information content (AvgIpc) is 2.69. The molecule has 3 amide bonds. The second-order valence-corrected chi connectivity index (χ2v) is 7.48. The van der Waals surface area contributed by atoms with Crippen molar-refractivity contribution in [3.8, 4) is 0 Å². The Kier molecular flexibility index (Phi) is 7.98. The highest BCUT2D eigenvalue weighted by atomic mass is 16.5. The van der Waals surface area contributed by atoms with Crippen LogP contribution >= 0.6 is 0 Å². The van der Waals surface area contributed by atoms with Crippen molar-refractivity contribution >= 4 is 23.6 Å². The van der Waals surface area contributed by atoms with Gasteiger partial charge in [-0.25, -0.2) is 9.59 Å². The monoisotopic (exact) mass is 411 g/mol. The molecule has 7 heteroatoms. The number of hydrogen-bond donors (Lipinski definition) is 3. The summed E-state index contributed by atoms with van der Waals surface area (Å²) >= 11 is 0. The van der Waals surface area contributed by atoms with Crippen LogP contribution in [0, 0.1) is 13.8 Å². The molecule has 7 nitrogen and oxygen atoms in total. The SMILES string of the molecule is Cc1cccc(C)c1NC(=O)[C@H](C)OC(=O)c1ccc(CNC(=O)NC(C)C)cc1. The van der Waals surface area contributed by atoms with E-state index in [9.17, 15) is 14.4 Å². The summed E-state index contributed by atoms with van der Waals surface area (Å²) in [5, 5.41) is 8.30. The summed E-state index contributed by atoms with van der Waals surface area (Å²) in [6.45, 7) is 9.44. The zero-order valence-electron chi connectivity index (χ0n) is 18.0. The lowest BCUT2D eigenvalue weighted by Gasteiger charge is -2.16. The van der Waals surface area contributed by atoms with Gasteiger partial charge in [0.1, 0.15) is 0 Å². The average molecular weight is 412 g/mol. The first-order valence-corrected chi connectivity index (χ1v) is 9.88. The molecule has 0 spiro atoms. The van der Waals surface area contributed by atoms with Gasteiger partial charge < -0.3 is 20.7 Å². The Morgan fingerprint density at radius 3 is 2.10 bits per heavy atom. The number of rotatable bonds is 7. The number of urea groups is 1. The largest absolute Gasteiger partial charge is 0.449 e. The fraction of sp³-hybridized carbons (Fsp3) is 0.348. The number of para-hydroxylation sites is 1. The van der Waals surface area contributed by atoms with Gasteiger partial charge in [0.05, 0.1) is 5.56 Å². The van der Waals surface area contributed by atoms with Gasteiger partial charge in [0.2, 0.25) is 0 Å². The van der Waals surface area contributed by atoms with E-state index in [1.54, 1.807) is 24.3 Å². The molecule has 0 aliphatic rings. The van der Waals surface area contributed by atoms with E-state index in [2.05, 4.69) is 16.0 Å². The van der Waals surface area contributed by atoms with Crippen molar-refractivity contribution in [3.05, 3.63) is 64.7 Å². The van der Waals surface area contributed by atoms with Gasteiger partial charge in [-0.2, -0.15) is 0 Å². The van der Waals surface area contributed by atoms with Gasteiger partial charge in [-0.15, -0.1) is 0 Å². The van der Waals surface area contributed by atoms with Crippen LogP contribution in [0.5, 0.6) is 0 Å². The molecule has 0 saturated heterocycles. The molecular weight excluding hydrogens is 382 g/mol. The molecule has 0 heterocycles. The zero-order valence-corrected chi connectivity index (χ0v) is 18.0. The molecule has 0 unspecified atom stereocenters. The summed E-state index contributed by atoms with van der Waals surface area (Å²) in [7, 11) is 0. The number of benzene rings is 2. The molecule has 0 bridgehead atoms. The van der Waals surface area contributed by atoms with Crippen molar-refractivity contribution in [2.24, 2.45) is 0 Å². The molecule has 2 aromatic carbocycles. The lowest BCUT2D eigenvalue weighted by molar-refractivity contribution is -0.123. The summed E-state index contributed by atoms with van der Waals surface area (Å²) in [6.07, 6.45) is -0.947. The molecule has 0 saturated carbocycles. The highest BCUT2D eigenvalue weighted by Gasteiger charge is 2.20. The van der Waals surface area contributed by atoms with E-state index in [1.165, 1.54) is 6.92 Å². The second kappa shape index (κ2) is 10.4. The number of carbonyl (C=O) groups excluding carboxylic acids is 3. The van der Waals surface area contributed by atoms with Crippen molar-refractivity contribution in [2.75, 3.05) is 5.32 Å². The van der Waals surface area contributed by atoms with Crippen LogP contribution in [0.15, 0.2) is 42.5 Å². The molecule has 160 valence electrons. The topological polar surface area (TPSA) is 96.5 Å². The fourth-order valence-corrected chi connectivity index (χ4v) is 2.77. The van der Waals surface area contributed by atoms with Gasteiger partial charge >= 0.3 is 12.0 Å². The maximum atomic E-state index is 12.4. The van der Waals surface area contributed by atoms with Gasteiger partial charge in [0.25, 0.3) is 5.91 Å². The summed E-state index contributed by atoms with van der Waals surface area (Å²) < 4.78 is 5.30. The summed E-state index contributed by atoms with van der Waals surface area (Å²) in [5.41, 5.74) is 3.77. The molecule has 0 fully saturated rings. The first-order chi connectivity index (χ1) is 14.2. The number of nitrogens with one attached hydrogen (secondary N) is 3. The Morgan fingerprint density at radius 1 is 0.933 bits per heavy atom. The van der Waals surface area contributed by atoms with Crippen molar-refractivity contribution in [1.82, 2.24) is 10.6 Å². The van der Waals surface area contributed by atoms with Crippen LogP contribution < -0.4 is 16.0 Å². The van der Waals surface area contributed by atoms with Crippen molar-refractivity contribution in [1.29, 1.82) is 0 Å². The molecule has 0 aliphatic heterocycles. The number of carbonyl (C=O) groups is 3. The van der Waals surface area contributed by atoms with E-state index >= 15 is 0 Å². The Hall–Kier alpha value is -3.35. The summed E-state index contributed by atoms with van der Waals surface area (Å²) in [6, 6.07) is 12.2. The van der Waals surface area contributed by atoms with Gasteiger partial charge in [0.15, 0.2) is 6.10 Å². The molecule has 0 aliphatic carbocycles. The second-order valence-electron chi connectivity index (χ2n) is 7.48. The fourth-order valence-electron chi connectivity index (χ4n) is 2.77. The zero-order chi connectivity index (χ0) is 22.3. The van der Waals surface area contributed by atoms with Crippen LogP contribution in [-0.4, -0.2) is 30.1 Å². The van der Waals surface area contributed by atoms with Crippen molar-refractivity contribution < 1.29 is 19.1 Å². The van der Waals surface area contributed by atoms with E-state index < -0.39 is 18.0 Å². The van der Waals surface area contributed by atoms with Gasteiger partial charge in [0, 0.05) is 18.3 Å². The van der Waals surface area contributed by atoms with Crippen LogP contribution in [-0.2, 0) is 16.1 Å². The molecule has 2 rings (SSSR count). The minimum atomic E-state index is -0.947. The first-order valence-electron chi connectivity index (χ1n) is 9.88. The lowest BCUT2D eigenvalue weighted by Crippen LogP contribution is -2.39. The van der Waals surface area contributed by atoms with E-state index in [0.717, 1.165) is 22.4 Å². The minimum Gasteiger partial charge on any atom is -0.449 e. The molecule has 30 heavy (non-hydrogen) atoms. The van der Waals surface area contributed by atoms with Crippen LogP contribution in [0.2, 0.25) is 0 Å². The molecule has 1 atom stereocenters. The summed E-state index contributed by atoms with van der Waals surface area (Å²) in [5.74, 6) is -0.978. The third kappa shape index (κ3) is 6.62. The van der Waals surface area contributed by atoms with Crippen LogP contribution in [0.4, 0.5) is 10.5 Å². The molecule has 0 radical (unpaired) electrons. The van der Waals surface area contributed by atoms with Crippen molar-refractivity contribution in [3.63, 3.8) is 0 Å². The third-order valence-corrected chi connectivity index (χ3v) is 4.44. The predicted molar refractivity (Wildman–Crippen MR) is 116 cm³/mol. The molecule has 3 N–H and O–H groups in total. The Balaban J connectivity index is 1.90. The maximum absolute atomic E-state index is 12.4. The molecule has 0 aromatic heterocycles. The Labute approximate surface area is 177 Å². The first kappa shape index (κ1) is 22.9. The van der Waals surface area contributed by atoms with Crippen molar-refractivity contribution in [2.45, 2.75) is 53.3 Å². The lowest BCUT2D eigenvalue weighted by atomic mass is 10.1. The Bertz CT molecular complexity index is 887. The van der Waals surface area contributed by atoms with E-state index in [4.69, 9.17) is 4.74 Å². The number of hydrogen-bond acceptors (Lipinski definition) is 4. The van der Waals surface area contributed by atoms with Gasteiger partial charge in [-0.1, -0.05) is 30.3 Å². The van der Waals surface area contributed by atoms with Crippen LogP contribution in [0.3, 0.4) is 0 Å².